The number of hydrogen-bond acceptors (Lipinski definition) is 8. The van der Waals surface area contributed by atoms with Gasteiger partial charge in [-0.15, -0.1) is 0 Å². The third-order valence-electron chi connectivity index (χ3n) is 11.7. The minimum Gasteiger partial charge on any atom is -0.458 e. The third-order valence-corrected chi connectivity index (χ3v) is 11.7. The molecule has 0 bridgehead atoms. The van der Waals surface area contributed by atoms with Crippen LogP contribution in [0, 0.1) is 28.6 Å². The predicted molar refractivity (Wildman–Crippen MR) is 154 cm³/mol. The minimum absolute atomic E-state index is 0.0546. The molecule has 9 heteroatoms. The lowest BCUT2D eigenvalue weighted by Crippen LogP contribution is -2.68. The van der Waals surface area contributed by atoms with Crippen molar-refractivity contribution in [3.05, 3.63) is 41.5 Å². The number of aliphatic hydroxyl groups excluding tert-OH is 1. The van der Waals surface area contributed by atoms with Crippen molar-refractivity contribution < 1.29 is 29.6 Å². The molecule has 4 aliphatic carbocycles. The molecule has 9 nitrogen and oxygen atoms in total. The average Bonchev–Trinajstić information content (AvgIpc) is 3.48. The van der Waals surface area contributed by atoms with Crippen molar-refractivity contribution in [2.24, 2.45) is 33.7 Å². The van der Waals surface area contributed by atoms with E-state index in [1.54, 1.807) is 24.4 Å². The van der Waals surface area contributed by atoms with Gasteiger partial charge >= 0.3 is 5.97 Å². The summed E-state index contributed by atoms with van der Waals surface area (Å²) >= 11 is 0. The summed E-state index contributed by atoms with van der Waals surface area (Å²) in [5, 5.41) is 39.7. The van der Waals surface area contributed by atoms with Crippen LogP contribution in [0.25, 0.3) is 0 Å². The molecule has 4 N–H and O–H groups in total. The Morgan fingerprint density at radius 2 is 1.78 bits per heavy atom. The summed E-state index contributed by atoms with van der Waals surface area (Å²) in [6.07, 6.45) is 8.15. The predicted octanol–water partition coefficient (Wildman–Crippen LogP) is 3.18. The number of cyclic esters (lactones) is 1. The van der Waals surface area contributed by atoms with E-state index >= 15 is 0 Å². The first-order valence-electron chi connectivity index (χ1n) is 15.0. The van der Waals surface area contributed by atoms with Crippen LogP contribution in [0.2, 0.25) is 0 Å². The molecule has 5 unspecified atom stereocenters. The number of amides is 1. The van der Waals surface area contributed by atoms with Crippen LogP contribution < -0.4 is 10.3 Å². The quantitative estimate of drug-likeness (QED) is 0.245. The summed E-state index contributed by atoms with van der Waals surface area (Å²) < 4.78 is 5.24. The smallest absolute Gasteiger partial charge is 0.331 e. The molecule has 1 amide bonds. The fourth-order valence-corrected chi connectivity index (χ4v) is 9.54. The van der Waals surface area contributed by atoms with Crippen molar-refractivity contribution in [2.75, 3.05) is 25.6 Å². The van der Waals surface area contributed by atoms with Crippen molar-refractivity contribution in [3.63, 3.8) is 0 Å². The number of carbonyl (C=O) groups excluding carboxylic acids is 2. The average molecular weight is 566 g/mol. The number of aliphatic hydroxyl groups is 3. The standard InChI is InChI=1S/C32H43N3O6/c1-29-12-9-25-26(32(29,40)15-11-24(29)21-16-27(37)41-18-21)10-14-31(39)17-23(36)8-13-30(25,31)19-33-34-28(38)20-4-6-22(7-5-20)35(2)3/h4-7,16,19,23-26,36,39-40H,8-15,17-18H2,1-3H3,(H,34,38)/t23-,24?,25+,26-,29?,30?,31?,32?/m1/s1. The van der Waals surface area contributed by atoms with Gasteiger partial charge in [-0.3, -0.25) is 4.79 Å². The van der Waals surface area contributed by atoms with E-state index in [0.29, 0.717) is 44.3 Å². The van der Waals surface area contributed by atoms with Crippen LogP contribution in [0.4, 0.5) is 5.69 Å². The summed E-state index contributed by atoms with van der Waals surface area (Å²) in [6, 6.07) is 7.27. The van der Waals surface area contributed by atoms with Crippen molar-refractivity contribution in [1.29, 1.82) is 0 Å². The molecule has 1 heterocycles. The highest BCUT2D eigenvalue weighted by Crippen LogP contribution is 2.70. The van der Waals surface area contributed by atoms with Crippen LogP contribution in [0.1, 0.15) is 75.1 Å². The molecule has 1 aromatic rings. The number of hydrogen-bond donors (Lipinski definition) is 4. The lowest BCUT2D eigenvalue weighted by molar-refractivity contribution is -0.237. The zero-order valence-electron chi connectivity index (χ0n) is 24.3. The van der Waals surface area contributed by atoms with Crippen LogP contribution in [-0.2, 0) is 9.53 Å². The summed E-state index contributed by atoms with van der Waals surface area (Å²) in [7, 11) is 3.88. The first kappa shape index (κ1) is 28.4. The van der Waals surface area contributed by atoms with Crippen LogP contribution >= 0.6 is 0 Å². The zero-order chi connectivity index (χ0) is 29.2. The Labute approximate surface area is 241 Å². The van der Waals surface area contributed by atoms with Gasteiger partial charge in [0.05, 0.1) is 17.3 Å². The number of hydrazone groups is 1. The van der Waals surface area contributed by atoms with Gasteiger partial charge in [0.15, 0.2) is 0 Å². The lowest BCUT2D eigenvalue weighted by atomic mass is 9.41. The number of nitrogens with one attached hydrogen (secondary N) is 1. The zero-order valence-corrected chi connectivity index (χ0v) is 24.3. The maximum absolute atomic E-state index is 12.9. The van der Waals surface area contributed by atoms with Gasteiger partial charge in [0.25, 0.3) is 5.91 Å². The van der Waals surface area contributed by atoms with E-state index in [2.05, 4.69) is 17.5 Å². The lowest BCUT2D eigenvalue weighted by Gasteiger charge is -2.65. The highest BCUT2D eigenvalue weighted by molar-refractivity contribution is 5.94. The summed E-state index contributed by atoms with van der Waals surface area (Å²) in [5.74, 6) is -0.675. The molecule has 0 aromatic heterocycles. The SMILES string of the molecule is CN(C)c1ccc(C(=O)NN=CC23CC[C@@H](O)CC2(O)CC[C@@H]2[C@@H]3CCC3(C)C(C4=CC(=O)OC4)CCC23O)cc1. The molecule has 8 atom stereocenters. The van der Waals surface area contributed by atoms with E-state index in [-0.39, 0.29) is 36.1 Å². The topological polar surface area (TPSA) is 132 Å². The van der Waals surface area contributed by atoms with Gasteiger partial charge in [-0.2, -0.15) is 5.10 Å². The molecule has 6 rings (SSSR count). The molecule has 4 fully saturated rings. The molecule has 0 spiro atoms. The number of fused-ring (bicyclic) bond motifs is 5. The van der Waals surface area contributed by atoms with Crippen LogP contribution in [0.15, 0.2) is 41.0 Å². The van der Waals surface area contributed by atoms with Crippen LogP contribution in [0.5, 0.6) is 0 Å². The van der Waals surface area contributed by atoms with Crippen molar-refractivity contribution >= 4 is 23.8 Å². The molecule has 1 aliphatic heterocycles. The van der Waals surface area contributed by atoms with Crippen molar-refractivity contribution in [3.8, 4) is 0 Å². The van der Waals surface area contributed by atoms with Gasteiger partial charge in [0, 0.05) is 54.9 Å². The Balaban J connectivity index is 1.29. The second-order valence-corrected chi connectivity index (χ2v) is 13.7. The van der Waals surface area contributed by atoms with Gasteiger partial charge in [0.2, 0.25) is 0 Å². The summed E-state index contributed by atoms with van der Waals surface area (Å²) in [6.45, 7) is 2.47. The molecule has 222 valence electrons. The second-order valence-electron chi connectivity index (χ2n) is 13.7. The van der Waals surface area contributed by atoms with Crippen LogP contribution in [-0.4, -0.2) is 71.4 Å². The molecular weight excluding hydrogens is 522 g/mol. The van der Waals surface area contributed by atoms with Crippen LogP contribution in [0.3, 0.4) is 0 Å². The molecule has 0 radical (unpaired) electrons. The summed E-state index contributed by atoms with van der Waals surface area (Å²) in [5.41, 5.74) is 1.84. The van der Waals surface area contributed by atoms with E-state index in [1.807, 2.05) is 31.1 Å². The fraction of sp³-hybridized carbons (Fsp3) is 0.656. The number of nitrogens with zero attached hydrogens (tertiary/aromatic N) is 2. The van der Waals surface area contributed by atoms with Gasteiger partial charge in [0.1, 0.15) is 6.61 Å². The molecule has 41 heavy (non-hydrogen) atoms. The first-order valence-corrected chi connectivity index (χ1v) is 15.0. The summed E-state index contributed by atoms with van der Waals surface area (Å²) in [4.78, 5) is 26.8. The number of ether oxygens (including phenoxy) is 1. The molecule has 4 saturated carbocycles. The molecule has 5 aliphatic rings. The maximum atomic E-state index is 12.9. The van der Waals surface area contributed by atoms with E-state index in [1.165, 1.54) is 0 Å². The monoisotopic (exact) mass is 565 g/mol. The number of esters is 1. The molecule has 0 saturated heterocycles. The minimum atomic E-state index is -1.18. The second kappa shape index (κ2) is 9.92. The molecular formula is C32H43N3O6. The van der Waals surface area contributed by atoms with Gasteiger partial charge < -0.3 is 25.0 Å². The van der Waals surface area contributed by atoms with Crippen molar-refractivity contribution in [1.82, 2.24) is 5.43 Å². The first-order chi connectivity index (χ1) is 19.4. The Morgan fingerprint density at radius 3 is 2.46 bits per heavy atom. The Hall–Kier alpha value is -2.75. The number of rotatable bonds is 5. The van der Waals surface area contributed by atoms with Gasteiger partial charge in [-0.05, 0) is 99.0 Å². The largest absolute Gasteiger partial charge is 0.458 e. The molecule has 1 aromatic carbocycles. The van der Waals surface area contributed by atoms with E-state index < -0.39 is 28.1 Å². The maximum Gasteiger partial charge on any atom is 0.331 e. The Morgan fingerprint density at radius 1 is 1.05 bits per heavy atom. The normalized spacial score (nSPS) is 41.7. The highest BCUT2D eigenvalue weighted by atomic mass is 16.5. The van der Waals surface area contributed by atoms with E-state index in [4.69, 9.17) is 4.74 Å². The Bertz CT molecular complexity index is 1280. The van der Waals surface area contributed by atoms with E-state index in [0.717, 1.165) is 30.5 Å². The van der Waals surface area contributed by atoms with Crippen molar-refractivity contribution in [2.45, 2.75) is 82.0 Å². The van der Waals surface area contributed by atoms with Gasteiger partial charge in [-0.1, -0.05) is 6.92 Å². The van der Waals surface area contributed by atoms with E-state index in [9.17, 15) is 24.9 Å². The third kappa shape index (κ3) is 4.26. The Kier molecular flexibility index (Phi) is 6.86. The number of anilines is 1. The fourth-order valence-electron chi connectivity index (χ4n) is 9.54. The highest BCUT2D eigenvalue weighted by Gasteiger charge is 2.71. The number of carbonyl (C=O) groups is 2. The van der Waals surface area contributed by atoms with Gasteiger partial charge in [-0.25, -0.2) is 10.2 Å². The number of benzene rings is 1.